The second kappa shape index (κ2) is 12.4. The van der Waals surface area contributed by atoms with Crippen LogP contribution in [0.4, 0.5) is 0 Å². The van der Waals surface area contributed by atoms with Gasteiger partial charge in [0.25, 0.3) is 0 Å². The number of aromatic nitrogens is 2. The zero-order chi connectivity index (χ0) is 35.3. The molecule has 0 fully saturated rings. The molecule has 3 aliphatic heterocycles. The standard InChI is InChI=1S/C44H34N4O4/c49-29-9-1-5-25(21-29)41-33-13-15-35(45-33)42(26-6-2-10-30(50)22-26)37-17-19-39(47-37)44(28-8-4-12-32(52)24-28)40-20-18-38(48-40)43(36-16-14-34(41)46-36)27-7-3-11-31(51)23-27/h1-15,18,20-24,45-46,48-52H,16-17,19H2. The summed E-state index contributed by atoms with van der Waals surface area (Å²) < 4.78 is 0. The summed E-state index contributed by atoms with van der Waals surface area (Å²) in [7, 11) is 0. The second-order valence-corrected chi connectivity index (χ2v) is 13.2. The summed E-state index contributed by atoms with van der Waals surface area (Å²) in [5.74, 6) is 0.641. The fraction of sp³-hybridized carbons (Fsp3) is 0.0682. The molecule has 0 saturated heterocycles. The monoisotopic (exact) mass is 682 g/mol. The summed E-state index contributed by atoms with van der Waals surface area (Å²) in [6.45, 7) is 0. The highest BCUT2D eigenvalue weighted by Crippen LogP contribution is 2.39. The normalized spacial score (nSPS) is 15.5. The molecule has 254 valence electrons. The van der Waals surface area contributed by atoms with Crippen LogP contribution in [0.5, 0.6) is 23.0 Å². The van der Waals surface area contributed by atoms with Crippen LogP contribution in [-0.2, 0) is 0 Å². The first-order valence-electron chi connectivity index (χ1n) is 17.2. The summed E-state index contributed by atoms with van der Waals surface area (Å²) in [6.07, 6.45) is 4.03. The lowest BCUT2D eigenvalue weighted by Gasteiger charge is -2.16. The zero-order valence-electron chi connectivity index (χ0n) is 28.0. The van der Waals surface area contributed by atoms with Gasteiger partial charge in [0.2, 0.25) is 0 Å². The Kier molecular flexibility index (Phi) is 7.43. The Morgan fingerprint density at radius 2 is 0.981 bits per heavy atom. The molecule has 0 saturated carbocycles. The lowest BCUT2D eigenvalue weighted by molar-refractivity contribution is 0.474. The van der Waals surface area contributed by atoms with Crippen molar-refractivity contribution in [2.24, 2.45) is 4.99 Å². The summed E-state index contributed by atoms with van der Waals surface area (Å²) >= 11 is 0. The summed E-state index contributed by atoms with van der Waals surface area (Å²) in [5.41, 5.74) is 12.1. The minimum Gasteiger partial charge on any atom is -0.508 e. The van der Waals surface area contributed by atoms with Gasteiger partial charge < -0.3 is 35.7 Å². The maximum Gasteiger partial charge on any atom is 0.116 e. The van der Waals surface area contributed by atoms with E-state index in [1.54, 1.807) is 48.5 Å². The average molecular weight is 683 g/mol. The smallest absolute Gasteiger partial charge is 0.116 e. The van der Waals surface area contributed by atoms with E-state index in [0.717, 1.165) is 89.4 Å². The Morgan fingerprint density at radius 1 is 0.481 bits per heavy atom. The molecular formula is C44H34N4O4. The minimum absolute atomic E-state index is 0.159. The molecular weight excluding hydrogens is 649 g/mol. The summed E-state index contributed by atoms with van der Waals surface area (Å²) in [5, 5.41) is 47.8. The molecule has 8 heteroatoms. The summed E-state index contributed by atoms with van der Waals surface area (Å²) in [4.78, 5) is 12.7. The number of nitrogens with zero attached hydrogens (tertiary/aromatic N) is 1. The number of nitrogens with one attached hydrogen (secondary N) is 3. The maximum absolute atomic E-state index is 10.6. The maximum atomic E-state index is 10.6. The average Bonchev–Trinajstić information content (AvgIpc) is 3.96. The third-order valence-corrected chi connectivity index (χ3v) is 9.80. The Morgan fingerprint density at radius 3 is 1.56 bits per heavy atom. The first kappa shape index (κ1) is 31.1. The van der Waals surface area contributed by atoms with Crippen LogP contribution in [0.25, 0.3) is 22.3 Å². The van der Waals surface area contributed by atoms with Crippen LogP contribution in [0, 0.1) is 0 Å². The number of hydrogen-bond donors (Lipinski definition) is 7. The van der Waals surface area contributed by atoms with Crippen molar-refractivity contribution >= 4 is 28.0 Å². The van der Waals surface area contributed by atoms with Gasteiger partial charge in [0, 0.05) is 62.2 Å². The third kappa shape index (κ3) is 5.56. The fourth-order valence-electron chi connectivity index (χ4n) is 7.59. The second-order valence-electron chi connectivity index (χ2n) is 13.2. The Bertz CT molecular complexity index is 2690. The SMILES string of the molecule is Oc1cccc(C2=C3CCC(=N3)C(c3cccc(O)c3)=c3ccc([nH]3)=C(c3cccc(O)c3)C3=CCC(=C(c4cccc(O)c4)c4ccc2[nH]4)N3)c1. The van der Waals surface area contributed by atoms with E-state index in [0.29, 0.717) is 19.3 Å². The lowest BCUT2D eigenvalue weighted by Crippen LogP contribution is -2.22. The van der Waals surface area contributed by atoms with Gasteiger partial charge in [0.05, 0.1) is 11.4 Å². The molecule has 0 unspecified atom stereocenters. The quantitative estimate of drug-likeness (QED) is 0.108. The van der Waals surface area contributed by atoms with Crippen molar-refractivity contribution in [2.45, 2.75) is 19.3 Å². The first-order chi connectivity index (χ1) is 25.4. The van der Waals surface area contributed by atoms with E-state index in [4.69, 9.17) is 4.99 Å². The zero-order valence-corrected chi connectivity index (χ0v) is 28.0. The molecule has 2 aromatic heterocycles. The molecule has 0 atom stereocenters. The van der Waals surface area contributed by atoms with E-state index in [2.05, 4.69) is 21.4 Å². The van der Waals surface area contributed by atoms with Gasteiger partial charge in [0.1, 0.15) is 23.0 Å². The van der Waals surface area contributed by atoms with Gasteiger partial charge >= 0.3 is 0 Å². The molecule has 0 amide bonds. The topological polar surface area (TPSA) is 137 Å². The van der Waals surface area contributed by atoms with E-state index in [1.165, 1.54) is 0 Å². The van der Waals surface area contributed by atoms with Crippen molar-refractivity contribution in [3.63, 3.8) is 0 Å². The number of phenols is 4. The molecule has 8 nitrogen and oxygen atoms in total. The number of aromatic hydroxyl groups is 4. The highest BCUT2D eigenvalue weighted by molar-refractivity contribution is 6.25. The van der Waals surface area contributed by atoms with Crippen LogP contribution in [0.3, 0.4) is 0 Å². The van der Waals surface area contributed by atoms with Crippen LogP contribution in [0.15, 0.2) is 149 Å². The molecule has 4 aromatic carbocycles. The van der Waals surface area contributed by atoms with E-state index < -0.39 is 0 Å². The van der Waals surface area contributed by atoms with Gasteiger partial charge in [-0.25, -0.2) is 0 Å². The number of phenolic OH excluding ortho intramolecular Hbond substituents is 4. The van der Waals surface area contributed by atoms with Gasteiger partial charge in [-0.05, 0) is 108 Å². The number of benzene rings is 4. The fourth-order valence-corrected chi connectivity index (χ4v) is 7.59. The van der Waals surface area contributed by atoms with Crippen molar-refractivity contribution in [1.29, 1.82) is 0 Å². The number of H-pyrrole nitrogens is 2. The van der Waals surface area contributed by atoms with Gasteiger partial charge in [-0.1, -0.05) is 54.6 Å². The molecule has 52 heavy (non-hydrogen) atoms. The highest BCUT2D eigenvalue weighted by atomic mass is 16.3. The number of fused-ring (bicyclic) bond motifs is 7. The van der Waals surface area contributed by atoms with Gasteiger partial charge in [-0.3, -0.25) is 4.99 Å². The van der Waals surface area contributed by atoms with Gasteiger partial charge in [0.15, 0.2) is 0 Å². The van der Waals surface area contributed by atoms with Crippen molar-refractivity contribution in [3.8, 4) is 23.0 Å². The van der Waals surface area contributed by atoms with Crippen molar-refractivity contribution in [1.82, 2.24) is 15.3 Å². The van der Waals surface area contributed by atoms with E-state index in [-0.39, 0.29) is 23.0 Å². The Balaban J connectivity index is 1.39. The first-order valence-corrected chi connectivity index (χ1v) is 17.2. The van der Waals surface area contributed by atoms with Gasteiger partial charge in [-0.15, -0.1) is 0 Å². The predicted molar refractivity (Wildman–Crippen MR) is 203 cm³/mol. The predicted octanol–water partition coefficient (Wildman–Crippen LogP) is 6.91. The van der Waals surface area contributed by atoms with Crippen LogP contribution in [0.1, 0.15) is 52.9 Å². The largest absolute Gasteiger partial charge is 0.508 e. The van der Waals surface area contributed by atoms with E-state index >= 15 is 0 Å². The molecule has 6 aromatic rings. The molecule has 0 aliphatic carbocycles. The van der Waals surface area contributed by atoms with E-state index in [9.17, 15) is 20.4 Å². The molecule has 5 heterocycles. The number of aliphatic imine (C=N–C) groups is 1. The molecule has 0 radical (unpaired) electrons. The number of aromatic amines is 2. The Labute approximate surface area is 299 Å². The van der Waals surface area contributed by atoms with E-state index in [1.807, 2.05) is 72.8 Å². The van der Waals surface area contributed by atoms with Crippen LogP contribution < -0.4 is 16.0 Å². The number of rotatable bonds is 4. The molecule has 3 aliphatic rings. The molecule has 9 rings (SSSR count). The lowest BCUT2D eigenvalue weighted by atomic mass is 9.97. The number of allylic oxidation sites excluding steroid dienone is 3. The third-order valence-electron chi connectivity index (χ3n) is 9.80. The van der Waals surface area contributed by atoms with Crippen molar-refractivity contribution < 1.29 is 20.4 Å². The molecule has 7 N–H and O–H groups in total. The Hall–Kier alpha value is -6.93. The molecule has 8 bridgehead atoms. The van der Waals surface area contributed by atoms with Crippen molar-refractivity contribution in [2.75, 3.05) is 0 Å². The summed E-state index contributed by atoms with van der Waals surface area (Å²) in [6, 6.07) is 37.1. The van der Waals surface area contributed by atoms with Gasteiger partial charge in [-0.2, -0.15) is 0 Å². The van der Waals surface area contributed by atoms with Crippen LogP contribution in [0.2, 0.25) is 0 Å². The van der Waals surface area contributed by atoms with Crippen LogP contribution >= 0.6 is 0 Å². The molecule has 0 spiro atoms. The minimum atomic E-state index is 0.159. The number of hydrogen-bond acceptors (Lipinski definition) is 6. The highest BCUT2D eigenvalue weighted by Gasteiger charge is 2.26. The van der Waals surface area contributed by atoms with Crippen molar-refractivity contribution in [3.05, 3.63) is 189 Å². The van der Waals surface area contributed by atoms with Crippen LogP contribution in [-0.4, -0.2) is 36.1 Å².